The highest BCUT2D eigenvalue weighted by molar-refractivity contribution is 5.87. The first kappa shape index (κ1) is 16.6. The highest BCUT2D eigenvalue weighted by atomic mass is 14.3. The maximum Gasteiger partial charge on any atom is -0.00513 e. The summed E-state index contributed by atoms with van der Waals surface area (Å²) in [7, 11) is 0. The molecule has 0 bridgehead atoms. The van der Waals surface area contributed by atoms with Crippen molar-refractivity contribution >= 4 is 6.08 Å². The van der Waals surface area contributed by atoms with Crippen LogP contribution in [0.4, 0.5) is 0 Å². The second-order valence-corrected chi connectivity index (χ2v) is 8.41. The lowest BCUT2D eigenvalue weighted by Gasteiger charge is -2.14. The summed E-state index contributed by atoms with van der Waals surface area (Å²) in [6.45, 7) is 4.31. The summed E-state index contributed by atoms with van der Waals surface area (Å²) < 4.78 is 0. The fourth-order valence-electron chi connectivity index (χ4n) is 4.31. The van der Waals surface area contributed by atoms with E-state index in [-0.39, 0.29) is 0 Å². The van der Waals surface area contributed by atoms with Crippen molar-refractivity contribution in [3.8, 4) is 22.3 Å². The minimum Gasteiger partial charge on any atom is -0.0649 e. The van der Waals surface area contributed by atoms with Gasteiger partial charge in [-0.25, -0.2) is 0 Å². The predicted octanol–water partition coefficient (Wildman–Crippen LogP) is 7.38. The van der Waals surface area contributed by atoms with Crippen LogP contribution in [0.3, 0.4) is 0 Å². The molecule has 5 rings (SSSR count). The van der Waals surface area contributed by atoms with Crippen LogP contribution in [0.1, 0.15) is 41.5 Å². The molecule has 0 aromatic heterocycles. The normalized spacial score (nSPS) is 15.6. The molecule has 0 spiro atoms. The summed E-state index contributed by atoms with van der Waals surface area (Å²) in [5.41, 5.74) is 12.7. The lowest BCUT2D eigenvalue weighted by Crippen LogP contribution is -1.94. The molecule has 0 heteroatoms. The lowest BCUT2D eigenvalue weighted by molar-refractivity contribution is 0.808. The van der Waals surface area contributed by atoms with Gasteiger partial charge in [0, 0.05) is 0 Å². The third-order valence-corrected chi connectivity index (χ3v) is 6.08. The molecule has 0 atom stereocenters. The van der Waals surface area contributed by atoms with E-state index in [2.05, 4.69) is 80.6 Å². The van der Waals surface area contributed by atoms with E-state index in [0.717, 1.165) is 12.3 Å². The number of hydrogen-bond donors (Lipinski definition) is 0. The Morgan fingerprint density at radius 3 is 1.85 bits per heavy atom. The van der Waals surface area contributed by atoms with E-state index in [1.807, 2.05) is 0 Å². The van der Waals surface area contributed by atoms with Crippen molar-refractivity contribution in [2.24, 2.45) is 5.92 Å². The molecule has 134 valence electrons. The van der Waals surface area contributed by atoms with Gasteiger partial charge >= 0.3 is 0 Å². The summed E-state index contributed by atoms with van der Waals surface area (Å²) in [6, 6.07) is 22.6. The zero-order valence-electron chi connectivity index (χ0n) is 16.3. The van der Waals surface area contributed by atoms with Crippen molar-refractivity contribution in [2.45, 2.75) is 39.5 Å². The van der Waals surface area contributed by atoms with Gasteiger partial charge in [-0.15, -0.1) is 0 Å². The first-order valence-electron chi connectivity index (χ1n) is 10.2. The van der Waals surface area contributed by atoms with Gasteiger partial charge in [0.1, 0.15) is 0 Å². The molecule has 0 radical (unpaired) electrons. The first-order valence-corrected chi connectivity index (χ1v) is 10.2. The Morgan fingerprint density at radius 2 is 1.26 bits per heavy atom. The zero-order valence-corrected chi connectivity index (χ0v) is 16.3. The smallest absolute Gasteiger partial charge is 0.00513 e. The van der Waals surface area contributed by atoms with Crippen molar-refractivity contribution in [2.75, 3.05) is 0 Å². The Kier molecular flexibility index (Phi) is 4.01. The monoisotopic (exact) mass is 350 g/mol. The number of fused-ring (bicyclic) bond motifs is 1. The highest BCUT2D eigenvalue weighted by Gasteiger charge is 2.27. The fourth-order valence-corrected chi connectivity index (χ4v) is 4.31. The van der Waals surface area contributed by atoms with E-state index < -0.39 is 0 Å². The lowest BCUT2D eigenvalue weighted by atomic mass is 9.90. The second-order valence-electron chi connectivity index (χ2n) is 8.41. The van der Waals surface area contributed by atoms with Crippen LogP contribution in [-0.2, 0) is 6.42 Å². The molecule has 0 nitrogen and oxygen atoms in total. The van der Waals surface area contributed by atoms with E-state index >= 15 is 0 Å². The summed E-state index contributed by atoms with van der Waals surface area (Å²) in [6.07, 6.45) is 7.75. The molecule has 0 saturated heterocycles. The van der Waals surface area contributed by atoms with E-state index in [1.165, 1.54) is 63.8 Å². The van der Waals surface area contributed by atoms with Crippen molar-refractivity contribution < 1.29 is 0 Å². The number of aryl methyl sites for hydroxylation is 2. The quantitative estimate of drug-likeness (QED) is 0.460. The van der Waals surface area contributed by atoms with Gasteiger partial charge in [0.15, 0.2) is 0 Å². The van der Waals surface area contributed by atoms with Crippen molar-refractivity contribution in [1.29, 1.82) is 0 Å². The average Bonchev–Trinajstić information content (AvgIpc) is 3.38. The largest absolute Gasteiger partial charge is 0.0649 e. The highest BCUT2D eigenvalue weighted by Crippen LogP contribution is 2.44. The first-order chi connectivity index (χ1) is 13.2. The summed E-state index contributed by atoms with van der Waals surface area (Å²) in [5.74, 6) is 0.941. The van der Waals surface area contributed by atoms with Gasteiger partial charge in [0.25, 0.3) is 0 Å². The number of rotatable bonds is 4. The number of hydrogen-bond acceptors (Lipinski definition) is 0. The summed E-state index contributed by atoms with van der Waals surface area (Å²) in [5, 5.41) is 0. The maximum atomic E-state index is 2.50. The van der Waals surface area contributed by atoms with Crippen molar-refractivity contribution in [3.05, 3.63) is 88.5 Å². The third-order valence-electron chi connectivity index (χ3n) is 6.08. The molecule has 0 aliphatic heterocycles. The molecule has 27 heavy (non-hydrogen) atoms. The van der Waals surface area contributed by atoms with Gasteiger partial charge in [-0.2, -0.15) is 0 Å². The van der Waals surface area contributed by atoms with E-state index in [0.29, 0.717) is 0 Å². The molecule has 1 fully saturated rings. The SMILES string of the molecule is Cc1ccc(-c2ccc(-c3ccc(C)cc3)c3c2C=C(CC2CC2)C3)cc1. The number of allylic oxidation sites excluding steroid dienone is 1. The van der Waals surface area contributed by atoms with Crippen LogP contribution in [0.15, 0.2) is 66.2 Å². The molecular formula is C27H26. The standard InChI is InChI=1S/C27H26/c1-18-3-9-22(10-4-18)24-13-14-25(23-11-5-19(2)6-12-23)27-17-21(16-26(24)27)15-20-7-8-20/h3-6,9-14,16,20H,7-8,15,17H2,1-2H3. The topological polar surface area (TPSA) is 0 Å². The number of benzene rings is 3. The van der Waals surface area contributed by atoms with Gasteiger partial charge < -0.3 is 0 Å². The zero-order chi connectivity index (χ0) is 18.4. The molecule has 0 N–H and O–H groups in total. The molecule has 0 heterocycles. The van der Waals surface area contributed by atoms with E-state index in [1.54, 1.807) is 5.57 Å². The molecule has 1 saturated carbocycles. The van der Waals surface area contributed by atoms with Gasteiger partial charge in [0.2, 0.25) is 0 Å². The van der Waals surface area contributed by atoms with Crippen LogP contribution in [-0.4, -0.2) is 0 Å². The average molecular weight is 351 g/mol. The molecular weight excluding hydrogens is 324 g/mol. The Morgan fingerprint density at radius 1 is 0.704 bits per heavy atom. The minimum absolute atomic E-state index is 0.941. The second kappa shape index (κ2) is 6.53. The Hall–Kier alpha value is -2.60. The van der Waals surface area contributed by atoms with Gasteiger partial charge in [-0.1, -0.05) is 83.4 Å². The molecule has 2 aliphatic rings. The van der Waals surface area contributed by atoms with Crippen LogP contribution >= 0.6 is 0 Å². The van der Waals surface area contributed by atoms with Crippen molar-refractivity contribution in [3.63, 3.8) is 0 Å². The van der Waals surface area contributed by atoms with Crippen LogP contribution in [0, 0.1) is 19.8 Å². The third kappa shape index (κ3) is 3.25. The Bertz CT molecular complexity index is 1010. The van der Waals surface area contributed by atoms with E-state index in [9.17, 15) is 0 Å². The molecule has 3 aromatic carbocycles. The summed E-state index contributed by atoms with van der Waals surface area (Å²) in [4.78, 5) is 0. The van der Waals surface area contributed by atoms with Crippen LogP contribution in [0.5, 0.6) is 0 Å². The van der Waals surface area contributed by atoms with Crippen LogP contribution < -0.4 is 0 Å². The molecule has 0 unspecified atom stereocenters. The summed E-state index contributed by atoms with van der Waals surface area (Å²) >= 11 is 0. The fraction of sp³-hybridized carbons (Fsp3) is 0.259. The van der Waals surface area contributed by atoms with Crippen LogP contribution in [0.2, 0.25) is 0 Å². The Labute approximate surface area is 162 Å². The van der Waals surface area contributed by atoms with Crippen LogP contribution in [0.25, 0.3) is 28.3 Å². The van der Waals surface area contributed by atoms with E-state index in [4.69, 9.17) is 0 Å². The maximum absolute atomic E-state index is 2.50. The van der Waals surface area contributed by atoms with Gasteiger partial charge in [-0.3, -0.25) is 0 Å². The predicted molar refractivity (Wildman–Crippen MR) is 116 cm³/mol. The minimum atomic E-state index is 0.941. The van der Waals surface area contributed by atoms with Gasteiger partial charge in [-0.05, 0) is 78.8 Å². The molecule has 3 aromatic rings. The Balaban J connectivity index is 1.62. The van der Waals surface area contributed by atoms with Crippen molar-refractivity contribution in [1.82, 2.24) is 0 Å². The molecule has 0 amide bonds. The van der Waals surface area contributed by atoms with Gasteiger partial charge in [0.05, 0.1) is 0 Å². The molecule has 2 aliphatic carbocycles.